The van der Waals surface area contributed by atoms with Crippen LogP contribution in [-0.2, 0) is 21.5 Å². The van der Waals surface area contributed by atoms with Gasteiger partial charge in [-0.1, -0.05) is 25.8 Å². The molecule has 0 fully saturated rings. The molecule has 12 heteroatoms. The predicted molar refractivity (Wildman–Crippen MR) is 101 cm³/mol. The highest BCUT2D eigenvalue weighted by Gasteiger charge is 2.36. The van der Waals surface area contributed by atoms with E-state index in [0.29, 0.717) is 23.4 Å². The quantitative estimate of drug-likeness (QED) is 0.367. The van der Waals surface area contributed by atoms with Gasteiger partial charge in [-0.25, -0.2) is 9.80 Å². The fraction of sp³-hybridized carbons (Fsp3) is 0.562. The summed E-state index contributed by atoms with van der Waals surface area (Å²) in [7, 11) is -1.70. The summed E-state index contributed by atoms with van der Waals surface area (Å²) in [6.45, 7) is 1.93. The molecule has 158 valence electrons. The summed E-state index contributed by atoms with van der Waals surface area (Å²) in [5.41, 5.74) is 0.691. The van der Waals surface area contributed by atoms with E-state index >= 15 is 0 Å². The summed E-state index contributed by atoms with van der Waals surface area (Å²) < 4.78 is 24.9. The summed E-state index contributed by atoms with van der Waals surface area (Å²) in [4.78, 5) is 29.8. The Hall–Kier alpha value is -2.28. The molecule has 0 aromatic carbocycles. The highest BCUT2D eigenvalue weighted by atomic mass is 32.2. The fourth-order valence-electron chi connectivity index (χ4n) is 2.27. The molecule has 2 amide bonds. The topological polar surface area (TPSA) is 152 Å². The molecule has 1 heterocycles. The predicted octanol–water partition coefficient (Wildman–Crippen LogP) is -0.0915. The lowest BCUT2D eigenvalue weighted by molar-refractivity contribution is -0.133. The van der Waals surface area contributed by atoms with Crippen molar-refractivity contribution in [2.45, 2.75) is 44.9 Å². The van der Waals surface area contributed by atoms with Crippen LogP contribution in [-0.4, -0.2) is 71.2 Å². The smallest absolute Gasteiger partial charge is 0.423 e. The molecule has 1 aromatic heterocycles. The second-order valence-corrected chi connectivity index (χ2v) is 8.13. The monoisotopic (exact) mass is 417 g/mol. The Morgan fingerprint density at radius 1 is 1.32 bits per heavy atom. The number of aliphatic hydroxyl groups excluding tert-OH is 1. The lowest BCUT2D eigenvalue weighted by atomic mass is 10.0. The Kier molecular flexibility index (Phi) is 9.25. The largest absolute Gasteiger partial charge is 0.464 e. The maximum atomic E-state index is 12.4. The van der Waals surface area contributed by atoms with Gasteiger partial charge in [0, 0.05) is 33.0 Å². The minimum atomic E-state index is -4.15. The van der Waals surface area contributed by atoms with Crippen LogP contribution in [0.3, 0.4) is 0 Å². The summed E-state index contributed by atoms with van der Waals surface area (Å²) in [5.74, 6) is -0.819. The summed E-state index contributed by atoms with van der Waals surface area (Å²) >= 11 is 0. The first-order chi connectivity index (χ1) is 13.1. The normalized spacial score (nSPS) is 13.8. The summed E-state index contributed by atoms with van der Waals surface area (Å²) in [6, 6.07) is 2.11. The molecule has 0 spiro atoms. The maximum Gasteiger partial charge on any atom is 0.423 e. The zero-order chi connectivity index (χ0) is 21.3. The van der Waals surface area contributed by atoms with E-state index in [1.807, 2.05) is 11.8 Å². The van der Waals surface area contributed by atoms with Crippen LogP contribution < -0.4 is 10.1 Å². The van der Waals surface area contributed by atoms with Gasteiger partial charge in [-0.15, -0.1) is 4.83 Å². The number of aliphatic hydroxyl groups is 1. The van der Waals surface area contributed by atoms with E-state index in [4.69, 9.17) is 0 Å². The van der Waals surface area contributed by atoms with E-state index < -0.39 is 34.4 Å². The van der Waals surface area contributed by atoms with Crippen LogP contribution in [0.25, 0.3) is 0 Å². The number of hydrazine groups is 1. The van der Waals surface area contributed by atoms with Gasteiger partial charge in [0.1, 0.15) is 0 Å². The van der Waals surface area contributed by atoms with Crippen molar-refractivity contribution >= 4 is 22.2 Å². The molecule has 0 aliphatic rings. The van der Waals surface area contributed by atoms with Crippen molar-refractivity contribution in [2.24, 2.45) is 0 Å². The third kappa shape index (κ3) is 7.03. The van der Waals surface area contributed by atoms with Gasteiger partial charge >= 0.3 is 6.09 Å². The van der Waals surface area contributed by atoms with Gasteiger partial charge < -0.3 is 15.5 Å². The molecule has 0 saturated carbocycles. The minimum Gasteiger partial charge on any atom is -0.464 e. The number of carboxylic acid groups (broad SMARTS) is 1. The number of carbonyl (C=O) groups is 2. The Morgan fingerprint density at radius 2 is 2.00 bits per heavy atom. The van der Waals surface area contributed by atoms with E-state index in [9.17, 15) is 28.2 Å². The zero-order valence-electron chi connectivity index (χ0n) is 16.1. The number of hydrogen-bond acceptors (Lipinski definition) is 6. The molecular formula is C16H27N5O6S. The molecule has 2 unspecified atom stereocenters. The van der Waals surface area contributed by atoms with Gasteiger partial charge in [0.15, 0.2) is 6.10 Å². The van der Waals surface area contributed by atoms with Crippen LogP contribution in [0, 0.1) is 0 Å². The van der Waals surface area contributed by atoms with Crippen LogP contribution in [0.2, 0.25) is 0 Å². The fourth-order valence-corrected chi connectivity index (χ4v) is 2.89. The molecule has 11 nitrogen and oxygen atoms in total. The molecule has 2 atom stereocenters. The molecule has 0 bridgehead atoms. The van der Waals surface area contributed by atoms with Crippen molar-refractivity contribution in [2.75, 3.05) is 14.1 Å². The Labute approximate surface area is 164 Å². The lowest BCUT2D eigenvalue weighted by Crippen LogP contribution is -2.60. The molecule has 4 N–H and O–H groups in total. The number of hydrogen-bond donors (Lipinski definition) is 4. The van der Waals surface area contributed by atoms with Gasteiger partial charge in [-0.3, -0.25) is 9.78 Å². The van der Waals surface area contributed by atoms with Gasteiger partial charge in [-0.05, 0) is 18.1 Å². The van der Waals surface area contributed by atoms with E-state index in [1.165, 1.54) is 20.3 Å². The third-order valence-electron chi connectivity index (χ3n) is 3.91. The second kappa shape index (κ2) is 10.9. The number of amides is 2. The van der Waals surface area contributed by atoms with Crippen LogP contribution in [0.4, 0.5) is 4.79 Å². The molecule has 0 radical (unpaired) electrons. The van der Waals surface area contributed by atoms with Crippen molar-refractivity contribution in [3.63, 3.8) is 0 Å². The standard InChI is InChI=1S/C16H27N5O6S/c1-4-5-8-13(21(16(24)25)19-28(26,27)20(2)3)14(22)15(23)18-11-12-7-6-9-17-10-12/h6-7,9-10,13-14,19,22H,4-5,8,11H2,1-3H3,(H,18,23)(H,24,25). The van der Waals surface area contributed by atoms with Crippen molar-refractivity contribution in [3.05, 3.63) is 30.1 Å². The first-order valence-corrected chi connectivity index (χ1v) is 10.1. The first-order valence-electron chi connectivity index (χ1n) is 8.66. The molecular weight excluding hydrogens is 390 g/mol. The van der Waals surface area contributed by atoms with Crippen molar-refractivity contribution in [3.8, 4) is 0 Å². The Morgan fingerprint density at radius 3 is 2.50 bits per heavy atom. The summed E-state index contributed by atoms with van der Waals surface area (Å²) in [5, 5.41) is 22.8. The SMILES string of the molecule is CCCCC(C(O)C(=O)NCc1cccnc1)N(NS(=O)(=O)N(C)C)C(=O)O. The number of aromatic nitrogens is 1. The molecule has 28 heavy (non-hydrogen) atoms. The summed E-state index contributed by atoms with van der Waals surface area (Å²) in [6.07, 6.45) is 0.924. The van der Waals surface area contributed by atoms with Crippen molar-refractivity contribution in [1.82, 2.24) is 24.4 Å². The van der Waals surface area contributed by atoms with E-state index in [-0.39, 0.29) is 13.0 Å². The number of unbranched alkanes of at least 4 members (excludes halogenated alkanes) is 1. The van der Waals surface area contributed by atoms with Crippen LogP contribution >= 0.6 is 0 Å². The van der Waals surface area contributed by atoms with Crippen LogP contribution in [0.15, 0.2) is 24.5 Å². The average Bonchev–Trinajstić information content (AvgIpc) is 2.65. The van der Waals surface area contributed by atoms with Crippen LogP contribution in [0.1, 0.15) is 31.7 Å². The molecule has 0 aliphatic heterocycles. The van der Waals surface area contributed by atoms with Gasteiger partial charge in [-0.2, -0.15) is 12.7 Å². The molecule has 1 aromatic rings. The highest BCUT2D eigenvalue weighted by molar-refractivity contribution is 7.87. The number of nitrogens with zero attached hydrogens (tertiary/aromatic N) is 3. The number of rotatable bonds is 11. The number of pyridine rings is 1. The first kappa shape index (κ1) is 23.8. The minimum absolute atomic E-state index is 0.0836. The Bertz CT molecular complexity index is 743. The van der Waals surface area contributed by atoms with E-state index in [2.05, 4.69) is 10.3 Å². The number of nitrogens with one attached hydrogen (secondary N) is 2. The number of carbonyl (C=O) groups excluding carboxylic acids is 1. The van der Waals surface area contributed by atoms with Gasteiger partial charge in [0.2, 0.25) is 0 Å². The average molecular weight is 417 g/mol. The van der Waals surface area contributed by atoms with E-state index in [1.54, 1.807) is 18.3 Å². The highest BCUT2D eigenvalue weighted by Crippen LogP contribution is 2.14. The molecule has 0 aliphatic carbocycles. The molecule has 1 rings (SSSR count). The maximum absolute atomic E-state index is 12.4. The van der Waals surface area contributed by atoms with Crippen molar-refractivity contribution < 1.29 is 28.2 Å². The van der Waals surface area contributed by atoms with Gasteiger partial charge in [0.05, 0.1) is 6.04 Å². The van der Waals surface area contributed by atoms with Crippen molar-refractivity contribution in [1.29, 1.82) is 0 Å². The molecule has 0 saturated heterocycles. The van der Waals surface area contributed by atoms with E-state index in [0.717, 1.165) is 4.31 Å². The lowest BCUT2D eigenvalue weighted by Gasteiger charge is -2.32. The zero-order valence-corrected chi connectivity index (χ0v) is 16.9. The second-order valence-electron chi connectivity index (χ2n) is 6.26. The Balaban J connectivity index is 2.98. The van der Waals surface area contributed by atoms with Gasteiger partial charge in [0.25, 0.3) is 16.1 Å². The third-order valence-corrected chi connectivity index (χ3v) is 5.30. The van der Waals surface area contributed by atoms with Crippen LogP contribution in [0.5, 0.6) is 0 Å².